The number of benzene rings is 2. The van der Waals surface area contributed by atoms with Crippen LogP contribution < -0.4 is 11.1 Å². The van der Waals surface area contributed by atoms with Crippen LogP contribution >= 0.6 is 0 Å². The van der Waals surface area contributed by atoms with Crippen molar-refractivity contribution < 1.29 is 9.90 Å². The molecule has 4 nitrogen and oxygen atoms in total. The lowest BCUT2D eigenvalue weighted by molar-refractivity contribution is 0.102. The van der Waals surface area contributed by atoms with Gasteiger partial charge in [-0.3, -0.25) is 4.79 Å². The average molecular weight is 256 g/mol. The van der Waals surface area contributed by atoms with Crippen molar-refractivity contribution in [2.24, 2.45) is 0 Å². The first-order valence-corrected chi connectivity index (χ1v) is 5.94. The fourth-order valence-corrected chi connectivity index (χ4v) is 1.75. The maximum Gasteiger partial charge on any atom is 0.255 e. The number of carbonyl (C=O) groups is 1. The Morgan fingerprint density at radius 3 is 2.32 bits per heavy atom. The van der Waals surface area contributed by atoms with Gasteiger partial charge in [0.2, 0.25) is 0 Å². The number of phenols is 1. The number of phenolic OH excluding ortho intramolecular Hbond substituents is 1. The van der Waals surface area contributed by atoms with Gasteiger partial charge in [0.15, 0.2) is 0 Å². The molecule has 0 radical (unpaired) electrons. The second-order valence-corrected chi connectivity index (χ2v) is 4.52. The van der Waals surface area contributed by atoms with Crippen molar-refractivity contribution in [3.63, 3.8) is 0 Å². The summed E-state index contributed by atoms with van der Waals surface area (Å²) in [7, 11) is 0. The number of rotatable bonds is 2. The van der Waals surface area contributed by atoms with Gasteiger partial charge in [-0.05, 0) is 61.4 Å². The molecule has 0 saturated carbocycles. The van der Waals surface area contributed by atoms with Crippen molar-refractivity contribution in [1.29, 1.82) is 0 Å². The third-order valence-electron chi connectivity index (χ3n) is 3.04. The smallest absolute Gasteiger partial charge is 0.255 e. The standard InChI is InChI=1S/C15H16N2O2/c1-9-7-13(16)14(8-10(9)2)17-15(19)11-3-5-12(18)6-4-11/h3-8,18H,16H2,1-2H3,(H,17,19). The lowest BCUT2D eigenvalue weighted by Crippen LogP contribution is -2.13. The SMILES string of the molecule is Cc1cc(N)c(NC(=O)c2ccc(O)cc2)cc1C. The summed E-state index contributed by atoms with van der Waals surface area (Å²) in [5.41, 5.74) is 9.64. The molecule has 98 valence electrons. The average Bonchev–Trinajstić information content (AvgIpc) is 2.36. The molecule has 0 fully saturated rings. The molecule has 1 amide bonds. The van der Waals surface area contributed by atoms with E-state index in [1.807, 2.05) is 26.0 Å². The van der Waals surface area contributed by atoms with E-state index in [0.717, 1.165) is 11.1 Å². The number of amides is 1. The number of carbonyl (C=O) groups excluding carboxylic acids is 1. The van der Waals surface area contributed by atoms with E-state index in [1.165, 1.54) is 12.1 Å². The lowest BCUT2D eigenvalue weighted by atomic mass is 10.1. The highest BCUT2D eigenvalue weighted by Crippen LogP contribution is 2.23. The minimum Gasteiger partial charge on any atom is -0.508 e. The zero-order chi connectivity index (χ0) is 14.0. The van der Waals surface area contributed by atoms with Crippen LogP contribution in [0.2, 0.25) is 0 Å². The number of anilines is 2. The van der Waals surface area contributed by atoms with Gasteiger partial charge in [0.25, 0.3) is 5.91 Å². The molecule has 0 saturated heterocycles. The van der Waals surface area contributed by atoms with Crippen LogP contribution in [-0.4, -0.2) is 11.0 Å². The number of nitrogens with two attached hydrogens (primary N) is 1. The summed E-state index contributed by atoms with van der Waals surface area (Å²) in [4.78, 5) is 12.0. The summed E-state index contributed by atoms with van der Waals surface area (Å²) in [5.74, 6) is -0.128. The minimum absolute atomic E-state index is 0.127. The van der Waals surface area contributed by atoms with E-state index in [1.54, 1.807) is 12.1 Å². The van der Waals surface area contributed by atoms with E-state index in [9.17, 15) is 9.90 Å². The summed E-state index contributed by atoms with van der Waals surface area (Å²) in [5, 5.41) is 12.0. The largest absolute Gasteiger partial charge is 0.508 e. The topological polar surface area (TPSA) is 75.3 Å². The first-order chi connectivity index (χ1) is 8.97. The fraction of sp³-hybridized carbons (Fsp3) is 0.133. The fourth-order valence-electron chi connectivity index (χ4n) is 1.75. The Bertz CT molecular complexity index is 619. The van der Waals surface area contributed by atoms with Gasteiger partial charge < -0.3 is 16.2 Å². The van der Waals surface area contributed by atoms with Crippen molar-refractivity contribution in [2.45, 2.75) is 13.8 Å². The molecule has 0 bridgehead atoms. The summed E-state index contributed by atoms with van der Waals surface area (Å²) in [6.45, 7) is 3.93. The highest BCUT2D eigenvalue weighted by Gasteiger charge is 2.09. The van der Waals surface area contributed by atoms with E-state index in [-0.39, 0.29) is 11.7 Å². The van der Waals surface area contributed by atoms with E-state index in [0.29, 0.717) is 16.9 Å². The Balaban J connectivity index is 2.24. The zero-order valence-corrected chi connectivity index (χ0v) is 10.9. The number of nitrogen functional groups attached to an aromatic ring is 1. The van der Waals surface area contributed by atoms with E-state index in [2.05, 4.69) is 5.32 Å². The molecule has 0 aliphatic heterocycles. The van der Waals surface area contributed by atoms with Gasteiger partial charge in [-0.25, -0.2) is 0 Å². The molecule has 2 rings (SSSR count). The monoisotopic (exact) mass is 256 g/mol. The number of hydrogen-bond acceptors (Lipinski definition) is 3. The van der Waals surface area contributed by atoms with Crippen LogP contribution in [0.4, 0.5) is 11.4 Å². The third kappa shape index (κ3) is 2.85. The number of aryl methyl sites for hydroxylation is 2. The van der Waals surface area contributed by atoms with Crippen molar-refractivity contribution in [3.05, 3.63) is 53.1 Å². The molecule has 19 heavy (non-hydrogen) atoms. The highest BCUT2D eigenvalue weighted by molar-refractivity contribution is 6.05. The molecule has 0 unspecified atom stereocenters. The zero-order valence-electron chi connectivity index (χ0n) is 10.9. The van der Waals surface area contributed by atoms with Crippen molar-refractivity contribution in [2.75, 3.05) is 11.1 Å². The summed E-state index contributed by atoms with van der Waals surface area (Å²) < 4.78 is 0. The molecule has 0 atom stereocenters. The summed E-state index contributed by atoms with van der Waals surface area (Å²) in [6, 6.07) is 9.74. The van der Waals surface area contributed by atoms with Gasteiger partial charge >= 0.3 is 0 Å². The van der Waals surface area contributed by atoms with Gasteiger partial charge in [-0.1, -0.05) is 0 Å². The predicted octanol–water partition coefficient (Wildman–Crippen LogP) is 2.84. The molecule has 4 heteroatoms. The van der Waals surface area contributed by atoms with Crippen LogP contribution in [0.25, 0.3) is 0 Å². The first-order valence-electron chi connectivity index (χ1n) is 5.94. The molecular formula is C15H16N2O2. The molecular weight excluding hydrogens is 240 g/mol. The van der Waals surface area contributed by atoms with Gasteiger partial charge in [-0.2, -0.15) is 0 Å². The summed E-state index contributed by atoms with van der Waals surface area (Å²) in [6.07, 6.45) is 0. The Labute approximate surface area is 111 Å². The van der Waals surface area contributed by atoms with Crippen LogP contribution in [0.15, 0.2) is 36.4 Å². The van der Waals surface area contributed by atoms with Crippen LogP contribution in [0.3, 0.4) is 0 Å². The van der Waals surface area contributed by atoms with Crippen LogP contribution in [0.5, 0.6) is 5.75 Å². The van der Waals surface area contributed by atoms with Gasteiger partial charge in [0, 0.05) is 5.56 Å². The van der Waals surface area contributed by atoms with Crippen LogP contribution in [-0.2, 0) is 0 Å². The van der Waals surface area contributed by atoms with Crippen molar-refractivity contribution in [1.82, 2.24) is 0 Å². The Morgan fingerprint density at radius 1 is 1.11 bits per heavy atom. The van der Waals surface area contributed by atoms with E-state index < -0.39 is 0 Å². The van der Waals surface area contributed by atoms with Gasteiger partial charge in [-0.15, -0.1) is 0 Å². The number of aromatic hydroxyl groups is 1. The molecule has 0 heterocycles. The minimum atomic E-state index is -0.255. The lowest BCUT2D eigenvalue weighted by Gasteiger charge is -2.11. The van der Waals surface area contributed by atoms with E-state index in [4.69, 9.17) is 5.73 Å². The highest BCUT2D eigenvalue weighted by atomic mass is 16.3. The first kappa shape index (κ1) is 13.0. The van der Waals surface area contributed by atoms with Gasteiger partial charge in [0.1, 0.15) is 5.75 Å². The van der Waals surface area contributed by atoms with Crippen LogP contribution in [0, 0.1) is 13.8 Å². The maximum atomic E-state index is 12.0. The second-order valence-electron chi connectivity index (χ2n) is 4.52. The Kier molecular flexibility index (Phi) is 3.42. The van der Waals surface area contributed by atoms with Crippen LogP contribution in [0.1, 0.15) is 21.5 Å². The Hall–Kier alpha value is -2.49. The molecule has 0 aliphatic rings. The summed E-state index contributed by atoms with van der Waals surface area (Å²) >= 11 is 0. The molecule has 0 aromatic heterocycles. The molecule has 4 N–H and O–H groups in total. The Morgan fingerprint density at radius 2 is 1.68 bits per heavy atom. The number of nitrogens with one attached hydrogen (secondary N) is 1. The normalized spacial score (nSPS) is 10.2. The third-order valence-corrected chi connectivity index (χ3v) is 3.04. The predicted molar refractivity (Wildman–Crippen MR) is 76.4 cm³/mol. The molecule has 2 aromatic rings. The molecule has 0 spiro atoms. The van der Waals surface area contributed by atoms with Gasteiger partial charge in [0.05, 0.1) is 11.4 Å². The second kappa shape index (κ2) is 5.02. The molecule has 0 aliphatic carbocycles. The van der Waals surface area contributed by atoms with E-state index >= 15 is 0 Å². The van der Waals surface area contributed by atoms with Crippen molar-refractivity contribution in [3.8, 4) is 5.75 Å². The maximum absolute atomic E-state index is 12.0. The molecule has 2 aromatic carbocycles. The van der Waals surface area contributed by atoms with Crippen molar-refractivity contribution >= 4 is 17.3 Å². The number of hydrogen-bond donors (Lipinski definition) is 3. The quantitative estimate of drug-likeness (QED) is 0.723.